The molecule has 0 fully saturated rings. The monoisotopic (exact) mass is 296 g/mol. The summed E-state index contributed by atoms with van der Waals surface area (Å²) in [5.74, 6) is 1.29. The summed E-state index contributed by atoms with van der Waals surface area (Å²) in [4.78, 5) is 11.2. The van der Waals surface area contributed by atoms with Crippen LogP contribution in [0.1, 0.15) is 11.3 Å². The Morgan fingerprint density at radius 3 is 2.85 bits per heavy atom. The highest BCUT2D eigenvalue weighted by Gasteiger charge is 2.06. The lowest BCUT2D eigenvalue weighted by molar-refractivity contribution is 0.410. The minimum atomic E-state index is -0.477. The lowest BCUT2D eigenvalue weighted by Gasteiger charge is -2.08. The van der Waals surface area contributed by atoms with Crippen LogP contribution in [0.15, 0.2) is 39.7 Å². The predicted molar refractivity (Wildman–Crippen MR) is 74.6 cm³/mol. The van der Waals surface area contributed by atoms with Crippen molar-refractivity contribution in [3.63, 3.8) is 0 Å². The van der Waals surface area contributed by atoms with E-state index < -0.39 is 11.2 Å². The first-order valence-electron chi connectivity index (χ1n) is 5.81. The van der Waals surface area contributed by atoms with E-state index in [1.165, 1.54) is 37.1 Å². The molecule has 0 atom stereocenters. The first-order valence-corrected chi connectivity index (χ1v) is 6.96. The zero-order valence-electron chi connectivity index (χ0n) is 10.8. The van der Waals surface area contributed by atoms with Crippen LogP contribution in [0.5, 0.6) is 11.5 Å². The Morgan fingerprint density at radius 1 is 1.35 bits per heavy atom. The van der Waals surface area contributed by atoms with Gasteiger partial charge in [-0.05, 0) is 18.2 Å². The maximum absolute atomic E-state index is 13.2. The topological polar surface area (TPSA) is 59.7 Å². The molecule has 2 rings (SSSR count). The second-order valence-electron chi connectivity index (χ2n) is 4.04. The number of benzene rings is 1. The standard InChI is InChI=1S/C14H13FO4S/c1-18-14-3-2-10(15)4-9(14)7-20-8-11-5-12(16)13(17)6-19-11/h2-6,17H,7-8H2,1H3. The van der Waals surface area contributed by atoms with Gasteiger partial charge in [0.15, 0.2) is 5.75 Å². The molecule has 0 saturated carbocycles. The van der Waals surface area contributed by atoms with Crippen LogP contribution in [0.2, 0.25) is 0 Å². The maximum atomic E-state index is 13.2. The molecule has 1 heterocycles. The summed E-state index contributed by atoms with van der Waals surface area (Å²) in [6, 6.07) is 5.57. The van der Waals surface area contributed by atoms with E-state index in [9.17, 15) is 9.18 Å². The molecular weight excluding hydrogens is 283 g/mol. The number of rotatable bonds is 5. The lowest BCUT2D eigenvalue weighted by Crippen LogP contribution is -1.99. The van der Waals surface area contributed by atoms with E-state index in [1.807, 2.05) is 0 Å². The first-order chi connectivity index (χ1) is 9.60. The number of hydrogen-bond donors (Lipinski definition) is 1. The highest BCUT2D eigenvalue weighted by Crippen LogP contribution is 2.25. The third kappa shape index (κ3) is 3.54. The highest BCUT2D eigenvalue weighted by atomic mass is 32.2. The molecule has 0 aliphatic carbocycles. The lowest BCUT2D eigenvalue weighted by atomic mass is 10.2. The van der Waals surface area contributed by atoms with Crippen molar-refractivity contribution in [3.8, 4) is 11.5 Å². The summed E-state index contributed by atoms with van der Waals surface area (Å²) in [6.07, 6.45) is 1.01. The molecule has 0 aliphatic heterocycles. The number of halogens is 1. The summed E-state index contributed by atoms with van der Waals surface area (Å²) < 4.78 is 23.4. The highest BCUT2D eigenvalue weighted by molar-refractivity contribution is 7.97. The Kier molecular flexibility index (Phi) is 4.68. The molecule has 4 nitrogen and oxygen atoms in total. The molecule has 0 bridgehead atoms. The molecule has 0 spiro atoms. The molecule has 20 heavy (non-hydrogen) atoms. The number of thioether (sulfide) groups is 1. The Hall–Kier alpha value is -1.95. The van der Waals surface area contributed by atoms with Gasteiger partial charge in [-0.25, -0.2) is 4.39 Å². The zero-order valence-corrected chi connectivity index (χ0v) is 11.6. The van der Waals surface area contributed by atoms with Crippen molar-refractivity contribution >= 4 is 11.8 Å². The molecule has 0 unspecified atom stereocenters. The SMILES string of the molecule is COc1ccc(F)cc1CSCc1cc(=O)c(O)co1. The molecular formula is C14H13FO4S. The van der Waals surface area contributed by atoms with E-state index in [0.29, 0.717) is 23.0 Å². The van der Waals surface area contributed by atoms with Crippen molar-refractivity contribution in [1.29, 1.82) is 0 Å². The molecule has 0 saturated heterocycles. The van der Waals surface area contributed by atoms with Crippen molar-refractivity contribution < 1.29 is 18.7 Å². The normalized spacial score (nSPS) is 10.5. The van der Waals surface area contributed by atoms with Crippen molar-refractivity contribution in [2.24, 2.45) is 0 Å². The summed E-state index contributed by atoms with van der Waals surface area (Å²) >= 11 is 1.45. The van der Waals surface area contributed by atoms with E-state index in [4.69, 9.17) is 14.3 Å². The Morgan fingerprint density at radius 2 is 2.15 bits per heavy atom. The quantitative estimate of drug-likeness (QED) is 0.919. The van der Waals surface area contributed by atoms with Crippen molar-refractivity contribution in [2.45, 2.75) is 11.5 Å². The summed E-state index contributed by atoms with van der Waals surface area (Å²) in [6.45, 7) is 0. The fraction of sp³-hybridized carbons (Fsp3) is 0.214. The van der Waals surface area contributed by atoms with Gasteiger partial charge >= 0.3 is 0 Å². The third-order valence-electron chi connectivity index (χ3n) is 2.61. The largest absolute Gasteiger partial charge is 0.502 e. The van der Waals surface area contributed by atoms with Gasteiger partial charge in [0.25, 0.3) is 0 Å². The van der Waals surface area contributed by atoms with Gasteiger partial charge in [-0.15, -0.1) is 11.8 Å². The Labute approximate surface area is 119 Å². The van der Waals surface area contributed by atoms with E-state index in [0.717, 1.165) is 11.8 Å². The predicted octanol–water partition coefficient (Wildman–Crippen LogP) is 2.93. The number of aromatic hydroxyl groups is 1. The van der Waals surface area contributed by atoms with E-state index in [-0.39, 0.29) is 5.82 Å². The van der Waals surface area contributed by atoms with Crippen LogP contribution in [-0.4, -0.2) is 12.2 Å². The molecule has 6 heteroatoms. The Bertz CT molecular complexity index is 654. The van der Waals surface area contributed by atoms with Gasteiger partial charge in [0.05, 0.1) is 12.9 Å². The van der Waals surface area contributed by atoms with Gasteiger partial charge in [0, 0.05) is 17.4 Å². The maximum Gasteiger partial charge on any atom is 0.226 e. The second kappa shape index (κ2) is 6.47. The van der Waals surface area contributed by atoms with E-state index in [2.05, 4.69) is 0 Å². The molecule has 1 N–H and O–H groups in total. The molecule has 0 amide bonds. The summed E-state index contributed by atoms with van der Waals surface area (Å²) in [5.41, 5.74) is 0.258. The minimum Gasteiger partial charge on any atom is -0.502 e. The van der Waals surface area contributed by atoms with Gasteiger partial charge in [-0.2, -0.15) is 0 Å². The fourth-order valence-corrected chi connectivity index (χ4v) is 2.54. The van der Waals surface area contributed by atoms with Crippen molar-refractivity contribution in [2.75, 3.05) is 7.11 Å². The van der Waals surface area contributed by atoms with Crippen LogP contribution in [0.4, 0.5) is 4.39 Å². The zero-order chi connectivity index (χ0) is 14.5. The fourth-order valence-electron chi connectivity index (χ4n) is 1.64. The van der Waals surface area contributed by atoms with Crippen LogP contribution in [-0.2, 0) is 11.5 Å². The van der Waals surface area contributed by atoms with Crippen LogP contribution in [0, 0.1) is 5.82 Å². The summed E-state index contributed by atoms with van der Waals surface area (Å²) in [7, 11) is 1.53. The second-order valence-corrected chi connectivity index (χ2v) is 5.03. The van der Waals surface area contributed by atoms with E-state index in [1.54, 1.807) is 6.07 Å². The van der Waals surface area contributed by atoms with Gasteiger partial charge < -0.3 is 14.3 Å². The van der Waals surface area contributed by atoms with Crippen LogP contribution < -0.4 is 10.2 Å². The average molecular weight is 296 g/mol. The number of methoxy groups -OCH3 is 1. The van der Waals surface area contributed by atoms with Crippen LogP contribution in [0.3, 0.4) is 0 Å². The van der Waals surface area contributed by atoms with Crippen LogP contribution in [0.25, 0.3) is 0 Å². The van der Waals surface area contributed by atoms with Crippen molar-refractivity contribution in [3.05, 3.63) is 57.9 Å². The van der Waals surface area contributed by atoms with E-state index >= 15 is 0 Å². The number of hydrogen-bond acceptors (Lipinski definition) is 5. The summed E-state index contributed by atoms with van der Waals surface area (Å²) in [5, 5.41) is 9.07. The Balaban J connectivity index is 2.00. The smallest absolute Gasteiger partial charge is 0.226 e. The van der Waals surface area contributed by atoms with Crippen molar-refractivity contribution in [1.82, 2.24) is 0 Å². The minimum absolute atomic E-state index is 0.322. The molecule has 0 aliphatic rings. The van der Waals surface area contributed by atoms with Gasteiger partial charge in [-0.1, -0.05) is 0 Å². The molecule has 1 aromatic heterocycles. The van der Waals surface area contributed by atoms with Gasteiger partial charge in [0.1, 0.15) is 23.6 Å². The molecule has 0 radical (unpaired) electrons. The first kappa shape index (κ1) is 14.5. The third-order valence-corrected chi connectivity index (χ3v) is 3.61. The number of ether oxygens (including phenoxy) is 1. The molecule has 2 aromatic rings. The average Bonchev–Trinajstić information content (AvgIpc) is 2.43. The molecule has 1 aromatic carbocycles. The van der Waals surface area contributed by atoms with Gasteiger partial charge in [0.2, 0.25) is 5.43 Å². The van der Waals surface area contributed by atoms with Crippen LogP contribution >= 0.6 is 11.8 Å². The molecule has 106 valence electrons. The van der Waals surface area contributed by atoms with Gasteiger partial charge in [-0.3, -0.25) is 4.79 Å².